The summed E-state index contributed by atoms with van der Waals surface area (Å²) >= 11 is 0. The van der Waals surface area contributed by atoms with Gasteiger partial charge in [-0.25, -0.2) is 4.98 Å². The highest BCUT2D eigenvalue weighted by Crippen LogP contribution is 2.23. The summed E-state index contributed by atoms with van der Waals surface area (Å²) in [6, 6.07) is 13.4. The van der Waals surface area contributed by atoms with Gasteiger partial charge in [-0.2, -0.15) is 0 Å². The molecule has 25 heavy (non-hydrogen) atoms. The summed E-state index contributed by atoms with van der Waals surface area (Å²) < 4.78 is 16.9. The number of nitrogens with one attached hydrogen (secondary N) is 1. The molecule has 1 unspecified atom stereocenters. The monoisotopic (exact) mass is 342 g/mol. The Labute approximate surface area is 147 Å². The lowest BCUT2D eigenvalue weighted by Crippen LogP contribution is -2.44. The van der Waals surface area contributed by atoms with E-state index in [0.29, 0.717) is 24.8 Å². The first-order valence-electron chi connectivity index (χ1n) is 8.35. The molecule has 1 aromatic heterocycles. The fourth-order valence-electron chi connectivity index (χ4n) is 2.67. The normalized spacial score (nSPS) is 21.4. The third-order valence-electron chi connectivity index (χ3n) is 4.01. The van der Waals surface area contributed by atoms with E-state index in [1.54, 1.807) is 18.3 Å². The maximum absolute atomic E-state index is 12.3. The number of anilines is 1. The number of benzene rings is 1. The summed E-state index contributed by atoms with van der Waals surface area (Å²) in [6.07, 6.45) is 0.571. The lowest BCUT2D eigenvalue weighted by Gasteiger charge is -2.28. The molecule has 0 bridgehead atoms. The van der Waals surface area contributed by atoms with Gasteiger partial charge < -0.3 is 19.5 Å². The van der Waals surface area contributed by atoms with Crippen molar-refractivity contribution in [1.82, 2.24) is 4.98 Å². The van der Waals surface area contributed by atoms with Crippen LogP contribution in [0.2, 0.25) is 0 Å². The Hall–Kier alpha value is -2.44. The molecule has 3 rings (SSSR count). The van der Waals surface area contributed by atoms with Gasteiger partial charge in [-0.3, -0.25) is 4.79 Å². The summed E-state index contributed by atoms with van der Waals surface area (Å²) in [4.78, 5) is 16.5. The number of ether oxygens (including phenoxy) is 3. The minimum Gasteiger partial charge on any atom is -0.486 e. The fraction of sp³-hybridized carbons (Fsp3) is 0.368. The topological polar surface area (TPSA) is 69.7 Å². The van der Waals surface area contributed by atoms with Gasteiger partial charge in [0.2, 0.25) is 0 Å². The fourth-order valence-corrected chi connectivity index (χ4v) is 2.67. The van der Waals surface area contributed by atoms with Crippen molar-refractivity contribution in [2.45, 2.75) is 32.2 Å². The Kier molecular flexibility index (Phi) is 5.63. The van der Waals surface area contributed by atoms with Gasteiger partial charge in [0.15, 0.2) is 6.10 Å². The third kappa shape index (κ3) is 4.55. The number of amides is 1. The molecule has 3 atom stereocenters. The molecule has 2 heterocycles. The van der Waals surface area contributed by atoms with E-state index in [1.807, 2.05) is 44.2 Å². The van der Waals surface area contributed by atoms with E-state index in [4.69, 9.17) is 14.2 Å². The van der Waals surface area contributed by atoms with Crippen LogP contribution in [0.15, 0.2) is 48.7 Å². The Morgan fingerprint density at radius 1 is 1.24 bits per heavy atom. The summed E-state index contributed by atoms with van der Waals surface area (Å²) in [6.45, 7) is 4.71. The lowest BCUT2D eigenvalue weighted by molar-refractivity contribution is -0.157. The van der Waals surface area contributed by atoms with Gasteiger partial charge >= 0.3 is 0 Å². The molecule has 132 valence electrons. The molecule has 1 aliphatic rings. The van der Waals surface area contributed by atoms with Crippen molar-refractivity contribution in [2.24, 2.45) is 0 Å². The van der Waals surface area contributed by atoms with Crippen LogP contribution in [-0.2, 0) is 14.3 Å². The molecule has 0 saturated carbocycles. The predicted octanol–water partition coefficient (Wildman–Crippen LogP) is 2.96. The lowest BCUT2D eigenvalue weighted by atomic mass is 10.1. The van der Waals surface area contributed by atoms with E-state index in [0.717, 1.165) is 5.56 Å². The van der Waals surface area contributed by atoms with E-state index in [1.165, 1.54) is 0 Å². The van der Waals surface area contributed by atoms with Crippen LogP contribution in [0.4, 0.5) is 5.82 Å². The van der Waals surface area contributed by atoms with Gasteiger partial charge in [0.05, 0.1) is 19.3 Å². The van der Waals surface area contributed by atoms with Crippen molar-refractivity contribution in [3.63, 3.8) is 0 Å². The number of pyridine rings is 1. The quantitative estimate of drug-likeness (QED) is 0.905. The van der Waals surface area contributed by atoms with Crippen LogP contribution in [0, 0.1) is 0 Å². The zero-order valence-corrected chi connectivity index (χ0v) is 14.3. The zero-order valence-electron chi connectivity index (χ0n) is 14.3. The summed E-state index contributed by atoms with van der Waals surface area (Å²) in [5.74, 6) is 0.785. The number of carbonyl (C=O) groups excluding carboxylic acids is 1. The second-order valence-electron chi connectivity index (χ2n) is 5.90. The average Bonchev–Trinajstić information content (AvgIpc) is 2.63. The van der Waals surface area contributed by atoms with E-state index in [2.05, 4.69) is 10.3 Å². The van der Waals surface area contributed by atoms with Gasteiger partial charge in [0.25, 0.3) is 5.91 Å². The van der Waals surface area contributed by atoms with Crippen LogP contribution in [0.5, 0.6) is 5.75 Å². The molecule has 1 N–H and O–H groups in total. The average molecular weight is 342 g/mol. The molecule has 0 radical (unpaired) electrons. The second kappa shape index (κ2) is 8.09. The van der Waals surface area contributed by atoms with Crippen LogP contribution < -0.4 is 10.1 Å². The largest absolute Gasteiger partial charge is 0.486 e. The maximum Gasteiger partial charge on any atom is 0.257 e. The zero-order chi connectivity index (χ0) is 17.6. The minimum atomic E-state index is -0.636. The van der Waals surface area contributed by atoms with E-state index < -0.39 is 6.10 Å². The van der Waals surface area contributed by atoms with Crippen LogP contribution >= 0.6 is 0 Å². The molecular weight excluding hydrogens is 320 g/mol. The molecule has 1 amide bonds. The number of hydrogen-bond donors (Lipinski definition) is 1. The Morgan fingerprint density at radius 3 is 2.76 bits per heavy atom. The standard InChI is InChI=1S/C19H22N2O4/c1-13(15-6-4-3-5-7-15)25-16-8-9-20-17(12-16)21-19(22)18-14(2)23-10-11-24-18/h3-9,12-14,18H,10-11H2,1-2H3,(H,20,21,22)/t13?,14-,18-/m1/s1. The van der Waals surface area contributed by atoms with Crippen molar-refractivity contribution in [1.29, 1.82) is 0 Å². The first-order chi connectivity index (χ1) is 12.1. The Balaban J connectivity index is 1.64. The van der Waals surface area contributed by atoms with Gasteiger partial charge in [0.1, 0.15) is 17.7 Å². The SMILES string of the molecule is CC(Oc1ccnc(NC(=O)[C@@H]2OCCO[C@@H]2C)c1)c1ccccc1. The van der Waals surface area contributed by atoms with Crippen LogP contribution in [-0.4, -0.2) is 36.3 Å². The molecule has 1 aromatic carbocycles. The molecule has 1 saturated heterocycles. The van der Waals surface area contributed by atoms with Crippen molar-refractivity contribution in [3.05, 3.63) is 54.2 Å². The van der Waals surface area contributed by atoms with Gasteiger partial charge in [-0.05, 0) is 25.5 Å². The molecule has 1 fully saturated rings. The number of carbonyl (C=O) groups is 1. The minimum absolute atomic E-state index is 0.109. The summed E-state index contributed by atoms with van der Waals surface area (Å²) in [5, 5.41) is 2.76. The number of rotatable bonds is 5. The molecular formula is C19H22N2O4. The predicted molar refractivity (Wildman–Crippen MR) is 93.5 cm³/mol. The van der Waals surface area contributed by atoms with E-state index >= 15 is 0 Å². The summed E-state index contributed by atoms with van der Waals surface area (Å²) in [7, 11) is 0. The molecule has 2 aromatic rings. The van der Waals surface area contributed by atoms with Gasteiger partial charge in [-0.15, -0.1) is 0 Å². The number of aromatic nitrogens is 1. The smallest absolute Gasteiger partial charge is 0.257 e. The van der Waals surface area contributed by atoms with Crippen molar-refractivity contribution in [2.75, 3.05) is 18.5 Å². The second-order valence-corrected chi connectivity index (χ2v) is 5.90. The first-order valence-corrected chi connectivity index (χ1v) is 8.35. The maximum atomic E-state index is 12.3. The van der Waals surface area contributed by atoms with Gasteiger partial charge in [-0.1, -0.05) is 30.3 Å². The van der Waals surface area contributed by atoms with Crippen molar-refractivity contribution < 1.29 is 19.0 Å². The van der Waals surface area contributed by atoms with Gasteiger partial charge in [0, 0.05) is 12.3 Å². The highest BCUT2D eigenvalue weighted by Gasteiger charge is 2.30. The highest BCUT2D eigenvalue weighted by molar-refractivity contribution is 5.94. The molecule has 0 aliphatic carbocycles. The van der Waals surface area contributed by atoms with E-state index in [9.17, 15) is 4.79 Å². The Morgan fingerprint density at radius 2 is 2.00 bits per heavy atom. The highest BCUT2D eigenvalue weighted by atomic mass is 16.6. The van der Waals surface area contributed by atoms with Crippen LogP contribution in [0.1, 0.15) is 25.5 Å². The van der Waals surface area contributed by atoms with E-state index in [-0.39, 0.29) is 18.1 Å². The van der Waals surface area contributed by atoms with Crippen LogP contribution in [0.3, 0.4) is 0 Å². The molecule has 0 spiro atoms. The summed E-state index contributed by atoms with van der Waals surface area (Å²) in [5.41, 5.74) is 1.08. The van der Waals surface area contributed by atoms with Crippen LogP contribution in [0.25, 0.3) is 0 Å². The molecule has 1 aliphatic heterocycles. The molecule has 6 heteroatoms. The van der Waals surface area contributed by atoms with Crippen molar-refractivity contribution >= 4 is 11.7 Å². The van der Waals surface area contributed by atoms with Crippen molar-refractivity contribution in [3.8, 4) is 5.75 Å². The Bertz CT molecular complexity index is 708. The first kappa shape index (κ1) is 17.4. The molecule has 6 nitrogen and oxygen atoms in total. The third-order valence-corrected chi connectivity index (χ3v) is 4.01. The number of hydrogen-bond acceptors (Lipinski definition) is 5. The number of nitrogens with zero attached hydrogens (tertiary/aromatic N) is 1.